The Morgan fingerprint density at radius 1 is 1.25 bits per heavy atom. The van der Waals surface area contributed by atoms with Gasteiger partial charge in [-0.1, -0.05) is 0 Å². The molecule has 0 unspecified atom stereocenters. The van der Waals surface area contributed by atoms with Crippen molar-refractivity contribution in [1.82, 2.24) is 9.62 Å². The summed E-state index contributed by atoms with van der Waals surface area (Å²) in [6.07, 6.45) is 4.39. The van der Waals surface area contributed by atoms with E-state index in [0.717, 1.165) is 25.3 Å². The number of nitriles is 1. The molecule has 0 amide bonds. The largest absolute Gasteiger partial charge is 0.314 e. The second-order valence-electron chi connectivity index (χ2n) is 6.62. The van der Waals surface area contributed by atoms with Crippen molar-refractivity contribution in [1.29, 1.82) is 5.26 Å². The van der Waals surface area contributed by atoms with Crippen molar-refractivity contribution in [2.24, 2.45) is 5.92 Å². The lowest BCUT2D eigenvalue weighted by atomic mass is 10.1. The van der Waals surface area contributed by atoms with Gasteiger partial charge in [-0.2, -0.15) is 9.57 Å². The number of benzene rings is 1. The third-order valence-corrected chi connectivity index (χ3v) is 6.83. The van der Waals surface area contributed by atoms with Gasteiger partial charge in [0, 0.05) is 19.1 Å². The first-order chi connectivity index (χ1) is 11.0. The van der Waals surface area contributed by atoms with Crippen LogP contribution in [0.2, 0.25) is 0 Å². The van der Waals surface area contributed by atoms with E-state index in [2.05, 4.69) is 5.32 Å². The van der Waals surface area contributed by atoms with Crippen molar-refractivity contribution in [3.05, 3.63) is 29.3 Å². The van der Waals surface area contributed by atoms with Crippen molar-refractivity contribution in [2.75, 3.05) is 19.6 Å². The highest BCUT2D eigenvalue weighted by Gasteiger charge is 2.31. The molecular weight excluding hydrogens is 346 g/mol. The zero-order chi connectivity index (χ0) is 16.4. The molecular formula is C17H24ClN3O2S. The van der Waals surface area contributed by atoms with Crippen LogP contribution >= 0.6 is 12.4 Å². The normalized spacial score (nSPS) is 19.5. The van der Waals surface area contributed by atoms with Crippen molar-refractivity contribution in [3.63, 3.8) is 0 Å². The standard InChI is InChI=1S/C17H23N3O2S.ClH/c1-13-10-15(11-18)4-5-17(13)23(21,22)20-8-6-16(7-9-20)19-12-14-2-3-14;/h4-5,10,14,16,19H,2-3,6-9,12H2,1H3;1H. The molecule has 1 aromatic carbocycles. The van der Waals surface area contributed by atoms with Crippen LogP contribution in [0.25, 0.3) is 0 Å². The number of nitrogens with zero attached hydrogens (tertiary/aromatic N) is 2. The van der Waals surface area contributed by atoms with Gasteiger partial charge in [-0.3, -0.25) is 0 Å². The van der Waals surface area contributed by atoms with Crippen LogP contribution < -0.4 is 5.32 Å². The summed E-state index contributed by atoms with van der Waals surface area (Å²) in [6, 6.07) is 7.24. The smallest absolute Gasteiger partial charge is 0.243 e. The third-order valence-electron chi connectivity index (χ3n) is 4.77. The van der Waals surface area contributed by atoms with Gasteiger partial charge < -0.3 is 5.32 Å². The summed E-state index contributed by atoms with van der Waals surface area (Å²) < 4.78 is 27.2. The number of hydrogen-bond acceptors (Lipinski definition) is 4. The van der Waals surface area contributed by atoms with Crippen LogP contribution in [0, 0.1) is 24.2 Å². The monoisotopic (exact) mass is 369 g/mol. The molecule has 0 bridgehead atoms. The van der Waals surface area contributed by atoms with E-state index >= 15 is 0 Å². The maximum absolute atomic E-state index is 12.8. The molecule has 1 aliphatic carbocycles. The summed E-state index contributed by atoms with van der Waals surface area (Å²) in [4.78, 5) is 0.320. The summed E-state index contributed by atoms with van der Waals surface area (Å²) in [7, 11) is -3.46. The van der Waals surface area contributed by atoms with Gasteiger partial charge in [-0.05, 0) is 68.8 Å². The van der Waals surface area contributed by atoms with E-state index in [1.807, 2.05) is 6.07 Å². The Hall–Kier alpha value is -1.13. The molecule has 0 atom stereocenters. The molecule has 7 heteroatoms. The summed E-state index contributed by atoms with van der Waals surface area (Å²) in [5.74, 6) is 0.845. The molecule has 0 radical (unpaired) electrons. The Kier molecular flexibility index (Phi) is 6.27. The molecule has 1 saturated heterocycles. The first kappa shape index (κ1) is 19.2. The maximum Gasteiger partial charge on any atom is 0.243 e. The van der Waals surface area contributed by atoms with Gasteiger partial charge >= 0.3 is 0 Å². The van der Waals surface area contributed by atoms with Crippen LogP contribution in [0.3, 0.4) is 0 Å². The average Bonchev–Trinajstić information content (AvgIpc) is 3.37. The van der Waals surface area contributed by atoms with E-state index in [1.165, 1.54) is 12.8 Å². The number of nitrogens with one attached hydrogen (secondary N) is 1. The minimum absolute atomic E-state index is 0. The van der Waals surface area contributed by atoms with Crippen LogP contribution in [0.15, 0.2) is 23.1 Å². The molecule has 1 aliphatic heterocycles. The van der Waals surface area contributed by atoms with Gasteiger partial charge in [0.25, 0.3) is 0 Å². The van der Waals surface area contributed by atoms with Gasteiger partial charge in [0.15, 0.2) is 0 Å². The fraction of sp³-hybridized carbons (Fsp3) is 0.588. The van der Waals surface area contributed by atoms with E-state index in [1.54, 1.807) is 29.4 Å². The average molecular weight is 370 g/mol. The summed E-state index contributed by atoms with van der Waals surface area (Å²) in [6.45, 7) is 3.94. The van der Waals surface area contributed by atoms with Crippen LogP contribution in [0.5, 0.6) is 0 Å². The number of piperidine rings is 1. The number of hydrogen-bond donors (Lipinski definition) is 1. The highest BCUT2D eigenvalue weighted by molar-refractivity contribution is 7.89. The maximum atomic E-state index is 12.8. The molecule has 0 aromatic heterocycles. The SMILES string of the molecule is Cc1cc(C#N)ccc1S(=O)(=O)N1CCC(NCC2CC2)CC1.Cl. The minimum atomic E-state index is -3.46. The zero-order valence-corrected chi connectivity index (χ0v) is 15.5. The Labute approximate surface area is 150 Å². The highest BCUT2D eigenvalue weighted by Crippen LogP contribution is 2.28. The molecule has 5 nitrogen and oxygen atoms in total. The lowest BCUT2D eigenvalue weighted by Gasteiger charge is -2.32. The van der Waals surface area contributed by atoms with Gasteiger partial charge in [-0.25, -0.2) is 8.42 Å². The molecule has 1 saturated carbocycles. The molecule has 2 fully saturated rings. The molecule has 1 heterocycles. The van der Waals surface area contributed by atoms with Crippen molar-refractivity contribution in [2.45, 2.75) is 43.5 Å². The predicted molar refractivity (Wildman–Crippen MR) is 95.6 cm³/mol. The van der Waals surface area contributed by atoms with E-state index in [0.29, 0.717) is 35.2 Å². The van der Waals surface area contributed by atoms with Crippen LogP contribution in [0.1, 0.15) is 36.8 Å². The summed E-state index contributed by atoms with van der Waals surface area (Å²) in [5.41, 5.74) is 1.13. The van der Waals surface area contributed by atoms with Crippen LogP contribution in [-0.4, -0.2) is 38.4 Å². The predicted octanol–water partition coefficient (Wildman–Crippen LogP) is 2.44. The topological polar surface area (TPSA) is 73.2 Å². The fourth-order valence-corrected chi connectivity index (χ4v) is 4.78. The third kappa shape index (κ3) is 4.28. The quantitative estimate of drug-likeness (QED) is 0.865. The van der Waals surface area contributed by atoms with Crippen molar-refractivity contribution < 1.29 is 8.42 Å². The number of aryl methyl sites for hydroxylation is 1. The van der Waals surface area contributed by atoms with Crippen molar-refractivity contribution in [3.8, 4) is 6.07 Å². The number of halogens is 1. The lowest BCUT2D eigenvalue weighted by molar-refractivity contribution is 0.288. The van der Waals surface area contributed by atoms with Gasteiger partial charge in [-0.15, -0.1) is 12.4 Å². The highest BCUT2D eigenvalue weighted by atomic mass is 35.5. The first-order valence-electron chi connectivity index (χ1n) is 8.25. The van der Waals surface area contributed by atoms with Crippen LogP contribution in [-0.2, 0) is 10.0 Å². The second kappa shape index (κ2) is 7.83. The number of rotatable bonds is 5. The molecule has 24 heavy (non-hydrogen) atoms. The van der Waals surface area contributed by atoms with E-state index in [-0.39, 0.29) is 12.4 Å². The second-order valence-corrected chi connectivity index (χ2v) is 8.53. The first-order valence-corrected chi connectivity index (χ1v) is 9.69. The molecule has 1 N–H and O–H groups in total. The Morgan fingerprint density at radius 3 is 2.46 bits per heavy atom. The van der Waals surface area contributed by atoms with Crippen LogP contribution in [0.4, 0.5) is 0 Å². The van der Waals surface area contributed by atoms with Gasteiger partial charge in [0.05, 0.1) is 16.5 Å². The van der Waals surface area contributed by atoms with E-state index < -0.39 is 10.0 Å². The summed E-state index contributed by atoms with van der Waals surface area (Å²) in [5, 5.41) is 12.5. The molecule has 3 rings (SSSR count). The molecule has 132 valence electrons. The summed E-state index contributed by atoms with van der Waals surface area (Å²) >= 11 is 0. The minimum Gasteiger partial charge on any atom is -0.314 e. The fourth-order valence-electron chi connectivity index (χ4n) is 3.10. The number of sulfonamides is 1. The van der Waals surface area contributed by atoms with Crippen molar-refractivity contribution >= 4 is 22.4 Å². The van der Waals surface area contributed by atoms with Gasteiger partial charge in [0.1, 0.15) is 0 Å². The Balaban J connectivity index is 0.00000208. The van der Waals surface area contributed by atoms with E-state index in [4.69, 9.17) is 5.26 Å². The molecule has 2 aliphatic rings. The van der Waals surface area contributed by atoms with E-state index in [9.17, 15) is 8.42 Å². The zero-order valence-electron chi connectivity index (χ0n) is 13.9. The Morgan fingerprint density at radius 2 is 1.92 bits per heavy atom. The van der Waals surface area contributed by atoms with Gasteiger partial charge in [0.2, 0.25) is 10.0 Å². The lowest BCUT2D eigenvalue weighted by Crippen LogP contribution is -2.45. The Bertz CT molecular complexity index is 718. The molecule has 1 aromatic rings. The molecule has 0 spiro atoms.